The molecule has 10 nitrogen and oxygen atoms in total. The summed E-state index contributed by atoms with van der Waals surface area (Å²) in [4.78, 5) is 16.1. The fourth-order valence-electron chi connectivity index (χ4n) is 5.05. The maximum Gasteiger partial charge on any atom is 0.202 e. The lowest BCUT2D eigenvalue weighted by Crippen LogP contribution is -2.51. The van der Waals surface area contributed by atoms with E-state index < -0.39 is 0 Å². The number of rotatable bonds is 6. The van der Waals surface area contributed by atoms with E-state index in [9.17, 15) is 5.11 Å². The zero-order valence-electron chi connectivity index (χ0n) is 19.5. The molecule has 3 aromatic rings. The van der Waals surface area contributed by atoms with Gasteiger partial charge in [0.2, 0.25) is 5.65 Å². The van der Waals surface area contributed by atoms with Crippen molar-refractivity contribution in [2.45, 2.75) is 51.9 Å². The van der Waals surface area contributed by atoms with Crippen LogP contribution in [-0.4, -0.2) is 68.6 Å². The second-order valence-corrected chi connectivity index (χ2v) is 9.64. The molecule has 0 aliphatic carbocycles. The van der Waals surface area contributed by atoms with Crippen molar-refractivity contribution < 1.29 is 9.84 Å². The molecule has 2 atom stereocenters. The first-order valence-corrected chi connectivity index (χ1v) is 12.2. The smallest absolute Gasteiger partial charge is 0.202 e. The van der Waals surface area contributed by atoms with Crippen molar-refractivity contribution in [1.29, 1.82) is 0 Å². The number of piperidine rings is 1. The number of hydrogen-bond donors (Lipinski definition) is 4. The summed E-state index contributed by atoms with van der Waals surface area (Å²) in [5.41, 5.74) is 9.41. The molecule has 11 heteroatoms. The van der Waals surface area contributed by atoms with Gasteiger partial charge in [-0.15, -0.1) is 0 Å². The first kappa shape index (κ1) is 23.2. The summed E-state index contributed by atoms with van der Waals surface area (Å²) in [6, 6.07) is 1.86. The van der Waals surface area contributed by atoms with Crippen molar-refractivity contribution in [3.05, 3.63) is 23.0 Å². The Morgan fingerprint density at radius 1 is 1.35 bits per heavy atom. The molecule has 0 radical (unpaired) electrons. The van der Waals surface area contributed by atoms with Gasteiger partial charge >= 0.3 is 0 Å². The summed E-state index contributed by atoms with van der Waals surface area (Å²) in [7, 11) is 0. The van der Waals surface area contributed by atoms with Gasteiger partial charge in [-0.05, 0) is 32.3 Å². The zero-order chi connectivity index (χ0) is 23.9. The fourth-order valence-corrected chi connectivity index (χ4v) is 5.32. The summed E-state index contributed by atoms with van der Waals surface area (Å²) in [6.07, 6.45) is 4.56. The van der Waals surface area contributed by atoms with E-state index in [1.807, 2.05) is 13.0 Å². The highest BCUT2D eigenvalue weighted by Crippen LogP contribution is 2.42. The molecule has 2 fully saturated rings. The highest BCUT2D eigenvalue weighted by atomic mass is 35.5. The molecule has 5 rings (SSSR count). The minimum absolute atomic E-state index is 0.00788. The van der Waals surface area contributed by atoms with Crippen LogP contribution < -0.4 is 16.0 Å². The van der Waals surface area contributed by atoms with Gasteiger partial charge in [-0.25, -0.2) is 15.0 Å². The van der Waals surface area contributed by atoms with Gasteiger partial charge in [-0.3, -0.25) is 5.10 Å². The summed E-state index contributed by atoms with van der Waals surface area (Å²) in [5, 5.41) is 21.3. The molecule has 0 unspecified atom stereocenters. The number of hydrogen-bond acceptors (Lipinski definition) is 9. The van der Waals surface area contributed by atoms with E-state index in [2.05, 4.69) is 32.3 Å². The minimum Gasteiger partial charge on any atom is -0.390 e. The van der Waals surface area contributed by atoms with Gasteiger partial charge in [0, 0.05) is 42.9 Å². The third-order valence-electron chi connectivity index (χ3n) is 7.19. The van der Waals surface area contributed by atoms with E-state index in [-0.39, 0.29) is 24.2 Å². The van der Waals surface area contributed by atoms with Gasteiger partial charge in [-0.1, -0.05) is 18.5 Å². The van der Waals surface area contributed by atoms with E-state index in [1.165, 1.54) is 0 Å². The highest BCUT2D eigenvalue weighted by molar-refractivity contribution is 6.35. The molecule has 0 bridgehead atoms. The monoisotopic (exact) mass is 486 g/mol. The molecule has 34 heavy (non-hydrogen) atoms. The van der Waals surface area contributed by atoms with Crippen molar-refractivity contribution in [1.82, 2.24) is 25.1 Å². The third-order valence-corrected chi connectivity index (χ3v) is 7.58. The number of aliphatic hydroxyl groups excluding tert-OH is 1. The first-order valence-electron chi connectivity index (χ1n) is 11.8. The van der Waals surface area contributed by atoms with Gasteiger partial charge in [-0.2, -0.15) is 5.10 Å². The largest absolute Gasteiger partial charge is 0.390 e. The minimum atomic E-state index is -0.225. The molecular weight excluding hydrogens is 456 g/mol. The number of H-pyrrole nitrogens is 1. The number of halogens is 1. The average molecular weight is 487 g/mol. The van der Waals surface area contributed by atoms with Crippen LogP contribution in [-0.2, 0) is 11.3 Å². The van der Waals surface area contributed by atoms with Crippen LogP contribution in [0.1, 0.15) is 38.8 Å². The van der Waals surface area contributed by atoms with Gasteiger partial charge in [0.05, 0.1) is 30.0 Å². The van der Waals surface area contributed by atoms with Crippen LogP contribution in [0, 0.1) is 5.41 Å². The highest BCUT2D eigenvalue weighted by Gasteiger charge is 2.47. The second-order valence-electron chi connectivity index (χ2n) is 9.26. The normalized spacial score (nSPS) is 22.1. The van der Waals surface area contributed by atoms with Gasteiger partial charge < -0.3 is 25.8 Å². The molecule has 0 saturated carbocycles. The Morgan fingerprint density at radius 2 is 2.15 bits per heavy atom. The number of nitrogens with one attached hydrogen (secondary N) is 2. The predicted molar refractivity (Wildman–Crippen MR) is 132 cm³/mol. The van der Waals surface area contributed by atoms with Crippen LogP contribution in [0.25, 0.3) is 22.4 Å². The van der Waals surface area contributed by atoms with Crippen LogP contribution in [0.15, 0.2) is 12.3 Å². The van der Waals surface area contributed by atoms with Crippen molar-refractivity contribution in [3.63, 3.8) is 0 Å². The molecule has 2 aliphatic heterocycles. The number of fused-ring (bicyclic) bond motifs is 1. The SMILES string of the molecule is CCCNc1nccc(-c2[nH]nc3nc(N4CCC5(CC4)CO[C@@H](C)[C@H]5N)c(CO)nc23)c1Cl. The first-order chi connectivity index (χ1) is 16.5. The van der Waals surface area contributed by atoms with Crippen LogP contribution in [0.3, 0.4) is 0 Å². The molecule has 1 spiro atoms. The number of ether oxygens (including phenoxy) is 1. The molecule has 5 heterocycles. The Bertz CT molecular complexity index is 1180. The van der Waals surface area contributed by atoms with Gasteiger partial charge in [0.1, 0.15) is 17.0 Å². The molecule has 182 valence electrons. The Morgan fingerprint density at radius 3 is 2.82 bits per heavy atom. The number of aliphatic hydroxyl groups is 1. The Hall–Kier alpha value is -2.53. The predicted octanol–water partition coefficient (Wildman–Crippen LogP) is 2.72. The zero-order valence-corrected chi connectivity index (χ0v) is 20.3. The van der Waals surface area contributed by atoms with Crippen molar-refractivity contribution in [2.24, 2.45) is 11.1 Å². The lowest BCUT2D eigenvalue weighted by Gasteiger charge is -2.41. The number of nitrogens with zero attached hydrogens (tertiary/aromatic N) is 5. The number of aromatic nitrogens is 5. The van der Waals surface area contributed by atoms with E-state index in [1.54, 1.807) is 6.20 Å². The Labute approximate surface area is 203 Å². The van der Waals surface area contributed by atoms with Gasteiger partial charge in [0.15, 0.2) is 5.82 Å². The Balaban J connectivity index is 1.45. The standard InChI is InChI=1S/C23H31ClN8O2/c1-3-7-26-20-16(24)14(4-8-27-20)17-18-21(31-30-17)29-22(15(11-33)28-18)32-9-5-23(6-10-32)12-34-13(2)19(23)25/h4,8,13,19,33H,3,5-7,9-12,25H2,1-2H3,(H,26,27)(H,29,30,31)/t13-,19+/m0/s1. The molecule has 5 N–H and O–H groups in total. The van der Waals surface area contributed by atoms with Crippen molar-refractivity contribution >= 4 is 34.4 Å². The van der Waals surface area contributed by atoms with E-state index in [4.69, 9.17) is 32.0 Å². The van der Waals surface area contributed by atoms with Crippen LogP contribution >= 0.6 is 11.6 Å². The number of pyridine rings is 1. The molecular formula is C23H31ClN8O2. The lowest BCUT2D eigenvalue weighted by molar-refractivity contribution is 0.0973. The van der Waals surface area contributed by atoms with Crippen LogP contribution in [0.2, 0.25) is 5.02 Å². The average Bonchev–Trinajstić information content (AvgIpc) is 3.39. The topological polar surface area (TPSA) is 138 Å². The van der Waals surface area contributed by atoms with Crippen LogP contribution in [0.5, 0.6) is 0 Å². The number of aromatic amines is 1. The maximum absolute atomic E-state index is 10.1. The summed E-state index contributed by atoms with van der Waals surface area (Å²) in [6.45, 7) is 6.92. The number of nitrogens with two attached hydrogens (primary N) is 1. The van der Waals surface area contributed by atoms with E-state index in [0.717, 1.165) is 44.5 Å². The Kier molecular flexibility index (Phi) is 6.32. The molecule has 0 amide bonds. The maximum atomic E-state index is 10.1. The molecule has 3 aromatic heterocycles. The van der Waals surface area contributed by atoms with Gasteiger partial charge in [0.25, 0.3) is 0 Å². The molecule has 2 aliphatic rings. The summed E-state index contributed by atoms with van der Waals surface area (Å²) in [5.74, 6) is 1.27. The van der Waals surface area contributed by atoms with Crippen molar-refractivity contribution in [2.75, 3.05) is 36.5 Å². The summed E-state index contributed by atoms with van der Waals surface area (Å²) < 4.78 is 5.84. The second kappa shape index (κ2) is 9.26. The molecule has 0 aromatic carbocycles. The third kappa shape index (κ3) is 3.88. The van der Waals surface area contributed by atoms with Crippen LogP contribution in [0.4, 0.5) is 11.6 Å². The van der Waals surface area contributed by atoms with E-state index in [0.29, 0.717) is 45.8 Å². The number of anilines is 2. The molecule has 2 saturated heterocycles. The van der Waals surface area contributed by atoms with Crippen molar-refractivity contribution in [3.8, 4) is 11.3 Å². The summed E-state index contributed by atoms with van der Waals surface area (Å²) >= 11 is 6.65. The van der Waals surface area contributed by atoms with E-state index >= 15 is 0 Å². The lowest BCUT2D eigenvalue weighted by atomic mass is 9.73. The fraction of sp³-hybridized carbons (Fsp3) is 0.565. The quantitative estimate of drug-likeness (QED) is 0.414.